The first kappa shape index (κ1) is 14.4. The summed E-state index contributed by atoms with van der Waals surface area (Å²) in [6, 6.07) is 5.62. The van der Waals surface area contributed by atoms with Crippen LogP contribution in [0, 0.1) is 0 Å². The monoisotopic (exact) mass is 250 g/mol. The van der Waals surface area contributed by atoms with Gasteiger partial charge in [0.25, 0.3) is 0 Å². The van der Waals surface area contributed by atoms with Crippen molar-refractivity contribution in [3.8, 4) is 0 Å². The second-order valence-corrected chi connectivity index (χ2v) is 5.63. The number of carbonyl (C=O) groups is 1. The van der Waals surface area contributed by atoms with Gasteiger partial charge in [0.05, 0.1) is 11.4 Å². The highest BCUT2D eigenvalue weighted by Crippen LogP contribution is 2.24. The van der Waals surface area contributed by atoms with Gasteiger partial charge in [-0.3, -0.25) is 5.32 Å². The van der Waals surface area contributed by atoms with E-state index in [1.54, 1.807) is 6.07 Å². The van der Waals surface area contributed by atoms with E-state index in [-0.39, 0.29) is 0 Å². The summed E-state index contributed by atoms with van der Waals surface area (Å²) in [6.45, 7) is 9.64. The fourth-order valence-electron chi connectivity index (χ4n) is 1.47. The molecule has 0 unspecified atom stereocenters. The SMILES string of the molecule is CC(C)c1ccc(NC(=O)OC(C)(C)C)c(N)c1. The Balaban J connectivity index is 2.77. The highest BCUT2D eigenvalue weighted by Gasteiger charge is 2.17. The molecule has 100 valence electrons. The standard InChI is InChI=1S/C14H22N2O2/c1-9(2)10-6-7-12(11(15)8-10)16-13(17)18-14(3,4)5/h6-9H,15H2,1-5H3,(H,16,17). The largest absolute Gasteiger partial charge is 0.444 e. The number of carbonyl (C=O) groups excluding carboxylic acids is 1. The predicted octanol–water partition coefficient (Wildman–Crippen LogP) is 3.74. The molecular weight excluding hydrogens is 228 g/mol. The summed E-state index contributed by atoms with van der Waals surface area (Å²) in [7, 11) is 0. The summed E-state index contributed by atoms with van der Waals surface area (Å²) in [6.07, 6.45) is -0.494. The van der Waals surface area contributed by atoms with Crippen LogP contribution in [0.25, 0.3) is 0 Å². The quantitative estimate of drug-likeness (QED) is 0.786. The van der Waals surface area contributed by atoms with Crippen molar-refractivity contribution in [1.82, 2.24) is 0 Å². The van der Waals surface area contributed by atoms with E-state index in [1.165, 1.54) is 0 Å². The van der Waals surface area contributed by atoms with Crippen LogP contribution < -0.4 is 11.1 Å². The maximum absolute atomic E-state index is 11.6. The molecule has 0 spiro atoms. The number of hydrogen-bond donors (Lipinski definition) is 2. The van der Waals surface area contributed by atoms with Crippen molar-refractivity contribution in [2.75, 3.05) is 11.1 Å². The van der Waals surface area contributed by atoms with E-state index in [1.807, 2.05) is 32.9 Å². The highest BCUT2D eigenvalue weighted by atomic mass is 16.6. The zero-order valence-corrected chi connectivity index (χ0v) is 11.7. The Morgan fingerprint density at radius 3 is 2.39 bits per heavy atom. The molecule has 0 radical (unpaired) electrons. The van der Waals surface area contributed by atoms with E-state index in [2.05, 4.69) is 19.2 Å². The zero-order chi connectivity index (χ0) is 13.9. The lowest BCUT2D eigenvalue weighted by Crippen LogP contribution is -2.27. The fraction of sp³-hybridized carbons (Fsp3) is 0.500. The topological polar surface area (TPSA) is 64.3 Å². The Hall–Kier alpha value is -1.71. The molecule has 0 bridgehead atoms. The van der Waals surface area contributed by atoms with Crippen molar-refractivity contribution < 1.29 is 9.53 Å². The molecule has 1 aromatic rings. The Kier molecular flexibility index (Phi) is 4.22. The Labute approximate surface area is 109 Å². The van der Waals surface area contributed by atoms with Gasteiger partial charge in [0.15, 0.2) is 0 Å². The van der Waals surface area contributed by atoms with E-state index in [0.717, 1.165) is 5.56 Å². The fourth-order valence-corrected chi connectivity index (χ4v) is 1.47. The summed E-state index contributed by atoms with van der Waals surface area (Å²) >= 11 is 0. The molecule has 0 atom stereocenters. The minimum Gasteiger partial charge on any atom is -0.444 e. The van der Waals surface area contributed by atoms with Gasteiger partial charge >= 0.3 is 6.09 Å². The summed E-state index contributed by atoms with van der Waals surface area (Å²) in [5, 5.41) is 2.65. The van der Waals surface area contributed by atoms with Gasteiger partial charge in [-0.05, 0) is 44.4 Å². The van der Waals surface area contributed by atoms with Gasteiger partial charge in [-0.25, -0.2) is 4.79 Å². The van der Waals surface area contributed by atoms with Crippen molar-refractivity contribution in [3.63, 3.8) is 0 Å². The molecule has 0 aliphatic heterocycles. The van der Waals surface area contributed by atoms with Crippen molar-refractivity contribution in [2.24, 2.45) is 0 Å². The third kappa shape index (κ3) is 4.28. The van der Waals surface area contributed by atoms with Gasteiger partial charge in [-0.1, -0.05) is 19.9 Å². The molecule has 1 amide bonds. The minimum atomic E-state index is -0.517. The lowest BCUT2D eigenvalue weighted by Gasteiger charge is -2.20. The molecule has 4 nitrogen and oxygen atoms in total. The van der Waals surface area contributed by atoms with E-state index in [4.69, 9.17) is 10.5 Å². The number of ether oxygens (including phenoxy) is 1. The van der Waals surface area contributed by atoms with Crippen LogP contribution in [0.2, 0.25) is 0 Å². The summed E-state index contributed by atoms with van der Waals surface area (Å²) < 4.78 is 5.17. The van der Waals surface area contributed by atoms with Crippen molar-refractivity contribution in [1.29, 1.82) is 0 Å². The van der Waals surface area contributed by atoms with Gasteiger partial charge in [0.2, 0.25) is 0 Å². The molecule has 0 fully saturated rings. The van der Waals surface area contributed by atoms with Crippen molar-refractivity contribution in [2.45, 2.75) is 46.1 Å². The number of nitrogens with two attached hydrogens (primary N) is 1. The van der Waals surface area contributed by atoms with Gasteiger partial charge in [-0.15, -0.1) is 0 Å². The lowest BCUT2D eigenvalue weighted by atomic mass is 10.0. The third-order valence-corrected chi connectivity index (χ3v) is 2.38. The summed E-state index contributed by atoms with van der Waals surface area (Å²) in [4.78, 5) is 11.6. The highest BCUT2D eigenvalue weighted by molar-refractivity contribution is 5.89. The van der Waals surface area contributed by atoms with Crippen LogP contribution in [-0.2, 0) is 4.74 Å². The van der Waals surface area contributed by atoms with Gasteiger partial charge < -0.3 is 10.5 Å². The van der Waals surface area contributed by atoms with Gasteiger partial charge in [0, 0.05) is 0 Å². The number of hydrogen-bond acceptors (Lipinski definition) is 3. The van der Waals surface area contributed by atoms with Crippen LogP contribution in [0.4, 0.5) is 16.2 Å². The average molecular weight is 250 g/mol. The predicted molar refractivity (Wildman–Crippen MR) is 74.8 cm³/mol. The Morgan fingerprint density at radius 1 is 1.33 bits per heavy atom. The molecule has 0 heterocycles. The first-order valence-electron chi connectivity index (χ1n) is 6.08. The molecule has 0 aliphatic rings. The molecule has 0 saturated heterocycles. The smallest absolute Gasteiger partial charge is 0.412 e. The van der Waals surface area contributed by atoms with Crippen molar-refractivity contribution in [3.05, 3.63) is 23.8 Å². The zero-order valence-electron chi connectivity index (χ0n) is 11.7. The second kappa shape index (κ2) is 5.29. The molecule has 0 aliphatic carbocycles. The van der Waals surface area contributed by atoms with Crippen LogP contribution in [-0.4, -0.2) is 11.7 Å². The van der Waals surface area contributed by atoms with Crippen LogP contribution >= 0.6 is 0 Å². The molecule has 0 aromatic heterocycles. The van der Waals surface area contributed by atoms with Crippen LogP contribution in [0.3, 0.4) is 0 Å². The molecule has 4 heteroatoms. The van der Waals surface area contributed by atoms with Crippen LogP contribution in [0.5, 0.6) is 0 Å². The lowest BCUT2D eigenvalue weighted by molar-refractivity contribution is 0.0636. The minimum absolute atomic E-state index is 0.405. The van der Waals surface area contributed by atoms with Crippen LogP contribution in [0.1, 0.15) is 46.1 Å². The van der Waals surface area contributed by atoms with Gasteiger partial charge in [-0.2, -0.15) is 0 Å². The second-order valence-electron chi connectivity index (χ2n) is 5.63. The maximum Gasteiger partial charge on any atom is 0.412 e. The number of benzene rings is 1. The molecule has 1 rings (SSSR count). The number of amides is 1. The van der Waals surface area contributed by atoms with Gasteiger partial charge in [0.1, 0.15) is 5.60 Å². The molecule has 18 heavy (non-hydrogen) atoms. The Bertz CT molecular complexity index is 434. The van der Waals surface area contributed by atoms with E-state index < -0.39 is 11.7 Å². The summed E-state index contributed by atoms with van der Waals surface area (Å²) in [5.74, 6) is 0.405. The Morgan fingerprint density at radius 2 is 1.94 bits per heavy atom. The molecule has 3 N–H and O–H groups in total. The van der Waals surface area contributed by atoms with E-state index in [9.17, 15) is 4.79 Å². The number of nitrogens with one attached hydrogen (secondary N) is 1. The van der Waals surface area contributed by atoms with Crippen LogP contribution in [0.15, 0.2) is 18.2 Å². The van der Waals surface area contributed by atoms with Crippen molar-refractivity contribution >= 4 is 17.5 Å². The average Bonchev–Trinajstić information content (AvgIpc) is 2.17. The number of anilines is 2. The number of nitrogen functional groups attached to an aromatic ring is 1. The first-order chi connectivity index (χ1) is 8.19. The maximum atomic E-state index is 11.6. The number of rotatable bonds is 2. The normalized spacial score (nSPS) is 11.4. The van der Waals surface area contributed by atoms with E-state index in [0.29, 0.717) is 17.3 Å². The summed E-state index contributed by atoms with van der Waals surface area (Å²) in [5.41, 5.74) is 7.65. The third-order valence-electron chi connectivity index (χ3n) is 2.38. The molecular formula is C14H22N2O2. The first-order valence-corrected chi connectivity index (χ1v) is 6.08. The molecule has 1 aromatic carbocycles. The van der Waals surface area contributed by atoms with E-state index >= 15 is 0 Å². The molecule has 0 saturated carbocycles.